The first-order chi connectivity index (χ1) is 18.8. The summed E-state index contributed by atoms with van der Waals surface area (Å²) < 4.78 is 41.8. The van der Waals surface area contributed by atoms with E-state index in [2.05, 4.69) is 92.7 Å². The van der Waals surface area contributed by atoms with Crippen LogP contribution in [-0.2, 0) is 5.41 Å². The Kier molecular flexibility index (Phi) is 3.13. The maximum Gasteiger partial charge on any atom is 0.0725 e. The van der Waals surface area contributed by atoms with E-state index in [0.29, 0.717) is 11.5 Å². The van der Waals surface area contributed by atoms with Crippen molar-refractivity contribution in [3.63, 3.8) is 0 Å². The SMILES string of the molecule is [2H]c1c([2H])c([2H])c(-c2ccc3c(c2)C2(c4ccccc4-c4ccccc42)c2cc(C(C)C)ccc2-3)c([2H])c1[2H]. The second-order valence-electron chi connectivity index (χ2n) is 9.56. The van der Waals surface area contributed by atoms with Gasteiger partial charge in [-0.15, -0.1) is 0 Å². The predicted molar refractivity (Wildman–Crippen MR) is 142 cm³/mol. The lowest BCUT2D eigenvalue weighted by atomic mass is 9.70. The molecule has 0 saturated carbocycles. The van der Waals surface area contributed by atoms with Gasteiger partial charge in [0.25, 0.3) is 0 Å². The highest BCUT2D eigenvalue weighted by atomic mass is 14.5. The number of fused-ring (bicyclic) bond motifs is 10. The molecular weight excluding hydrogens is 408 g/mol. The van der Waals surface area contributed by atoms with Crippen molar-refractivity contribution >= 4 is 0 Å². The van der Waals surface area contributed by atoms with Gasteiger partial charge in [0.1, 0.15) is 0 Å². The second-order valence-corrected chi connectivity index (χ2v) is 9.56. The molecule has 0 amide bonds. The molecule has 0 nitrogen and oxygen atoms in total. The van der Waals surface area contributed by atoms with Crippen LogP contribution in [-0.4, -0.2) is 0 Å². The maximum atomic E-state index is 8.64. The van der Waals surface area contributed by atoms with Gasteiger partial charge in [-0.1, -0.05) is 123 Å². The van der Waals surface area contributed by atoms with E-state index in [1.54, 1.807) is 0 Å². The topological polar surface area (TPSA) is 0 Å². The van der Waals surface area contributed by atoms with Crippen LogP contribution in [0.2, 0.25) is 0 Å². The summed E-state index contributed by atoms with van der Waals surface area (Å²) in [7, 11) is 0. The smallest absolute Gasteiger partial charge is 0.0622 e. The van der Waals surface area contributed by atoms with Crippen LogP contribution in [0, 0.1) is 0 Å². The Labute approximate surface area is 208 Å². The maximum absolute atomic E-state index is 8.64. The standard InChI is InChI=1S/C34H26/c1-22(2)24-16-18-28-29-19-17-25(23-10-4-3-5-11-23)21-33(29)34(32(28)20-24)30-14-8-6-12-26(30)27-13-7-9-15-31(27)34/h3-22H,1-2H3/i3D,4D,5D,10D,11D. The van der Waals surface area contributed by atoms with Crippen molar-refractivity contribution in [1.29, 1.82) is 0 Å². The molecule has 2 aliphatic rings. The zero-order valence-corrected chi connectivity index (χ0v) is 19.2. The van der Waals surface area contributed by atoms with Crippen LogP contribution in [0.15, 0.2) is 115 Å². The van der Waals surface area contributed by atoms with Gasteiger partial charge in [-0.2, -0.15) is 0 Å². The van der Waals surface area contributed by atoms with Crippen molar-refractivity contribution in [2.45, 2.75) is 25.2 Å². The highest BCUT2D eigenvalue weighted by molar-refractivity contribution is 5.96. The molecule has 0 N–H and O–H groups in total. The molecule has 0 aliphatic heterocycles. The zero-order valence-electron chi connectivity index (χ0n) is 24.2. The van der Waals surface area contributed by atoms with Gasteiger partial charge < -0.3 is 0 Å². The summed E-state index contributed by atoms with van der Waals surface area (Å²) in [5.74, 6) is 0.365. The summed E-state index contributed by atoms with van der Waals surface area (Å²) in [5.41, 5.74) is 11.0. The van der Waals surface area contributed by atoms with Crippen LogP contribution in [0.3, 0.4) is 0 Å². The van der Waals surface area contributed by atoms with E-state index in [9.17, 15) is 0 Å². The third-order valence-electron chi connectivity index (χ3n) is 7.57. The minimum Gasteiger partial charge on any atom is -0.0622 e. The van der Waals surface area contributed by atoms with E-state index in [4.69, 9.17) is 6.85 Å². The van der Waals surface area contributed by atoms with E-state index in [0.717, 1.165) is 11.1 Å². The molecule has 1 spiro atoms. The Bertz CT molecular complexity index is 1780. The molecule has 0 fully saturated rings. The van der Waals surface area contributed by atoms with Crippen LogP contribution in [0.1, 0.15) is 54.4 Å². The van der Waals surface area contributed by atoms with Gasteiger partial charge in [-0.05, 0) is 73.2 Å². The molecule has 34 heavy (non-hydrogen) atoms. The fraction of sp³-hybridized carbons (Fsp3) is 0.118. The van der Waals surface area contributed by atoms with Gasteiger partial charge in [0.05, 0.1) is 12.3 Å². The molecule has 2 aliphatic carbocycles. The van der Waals surface area contributed by atoms with Gasteiger partial charge in [-0.3, -0.25) is 0 Å². The van der Waals surface area contributed by atoms with Crippen LogP contribution in [0.5, 0.6) is 0 Å². The second kappa shape index (κ2) is 7.05. The number of hydrogen-bond acceptors (Lipinski definition) is 0. The number of benzene rings is 5. The first-order valence-electron chi connectivity index (χ1n) is 14.3. The molecule has 0 aromatic heterocycles. The van der Waals surface area contributed by atoms with Gasteiger partial charge in [0.2, 0.25) is 0 Å². The van der Waals surface area contributed by atoms with Gasteiger partial charge in [-0.25, -0.2) is 0 Å². The predicted octanol–water partition coefficient (Wildman–Crippen LogP) is 8.82. The first kappa shape index (κ1) is 15.1. The fourth-order valence-electron chi connectivity index (χ4n) is 6.07. The van der Waals surface area contributed by atoms with E-state index in [-0.39, 0.29) is 35.8 Å². The molecule has 0 unspecified atom stereocenters. The van der Waals surface area contributed by atoms with Crippen LogP contribution in [0.25, 0.3) is 33.4 Å². The average molecular weight is 440 g/mol. The summed E-state index contributed by atoms with van der Waals surface area (Å²) in [6, 6.07) is 28.6. The normalized spacial score (nSPS) is 16.1. The first-order valence-corrected chi connectivity index (χ1v) is 11.8. The molecule has 0 atom stereocenters. The molecule has 162 valence electrons. The lowest BCUT2D eigenvalue weighted by molar-refractivity contribution is 0.784. The van der Waals surface area contributed by atoms with Crippen molar-refractivity contribution in [2.75, 3.05) is 0 Å². The molecular formula is C34H26. The van der Waals surface area contributed by atoms with Crippen molar-refractivity contribution in [2.24, 2.45) is 0 Å². The van der Waals surface area contributed by atoms with Gasteiger partial charge in [0, 0.05) is 0 Å². The minimum atomic E-state index is -0.563. The molecule has 0 radical (unpaired) electrons. The summed E-state index contributed by atoms with van der Waals surface area (Å²) in [5, 5.41) is 0. The van der Waals surface area contributed by atoms with E-state index in [1.165, 1.54) is 38.9 Å². The van der Waals surface area contributed by atoms with Crippen LogP contribution in [0.4, 0.5) is 0 Å². The lowest BCUT2D eigenvalue weighted by Gasteiger charge is -2.31. The molecule has 0 bridgehead atoms. The summed E-state index contributed by atoms with van der Waals surface area (Å²) in [6.45, 7) is 4.42. The molecule has 5 aromatic rings. The third-order valence-corrected chi connectivity index (χ3v) is 7.57. The number of rotatable bonds is 2. The molecule has 5 aromatic carbocycles. The lowest BCUT2D eigenvalue weighted by Crippen LogP contribution is -2.26. The van der Waals surface area contributed by atoms with Crippen molar-refractivity contribution in [1.82, 2.24) is 0 Å². The Morgan fingerprint density at radius 1 is 0.559 bits per heavy atom. The van der Waals surface area contributed by atoms with Crippen molar-refractivity contribution in [3.05, 3.63) is 143 Å². The average Bonchev–Trinajstić information content (AvgIpc) is 3.42. The Balaban J connectivity index is 1.62. The monoisotopic (exact) mass is 439 g/mol. The van der Waals surface area contributed by atoms with Crippen LogP contribution >= 0.6 is 0 Å². The van der Waals surface area contributed by atoms with Crippen LogP contribution < -0.4 is 0 Å². The zero-order chi connectivity index (χ0) is 27.2. The molecule has 0 saturated heterocycles. The quantitative estimate of drug-likeness (QED) is 0.252. The Morgan fingerprint density at radius 2 is 1.12 bits per heavy atom. The third kappa shape index (κ3) is 2.43. The molecule has 0 heterocycles. The summed E-state index contributed by atoms with van der Waals surface area (Å²) >= 11 is 0. The molecule has 7 rings (SSSR count). The highest BCUT2D eigenvalue weighted by Gasteiger charge is 2.51. The Hall–Kier alpha value is -3.90. The van der Waals surface area contributed by atoms with Crippen molar-refractivity contribution in [3.8, 4) is 33.4 Å². The summed E-state index contributed by atoms with van der Waals surface area (Å²) in [4.78, 5) is 0. The summed E-state index contributed by atoms with van der Waals surface area (Å²) in [6.07, 6.45) is 0. The minimum absolute atomic E-state index is 0.181. The Morgan fingerprint density at radius 3 is 1.76 bits per heavy atom. The largest absolute Gasteiger partial charge is 0.0725 e. The highest BCUT2D eigenvalue weighted by Crippen LogP contribution is 2.63. The van der Waals surface area contributed by atoms with E-state index < -0.39 is 5.41 Å². The fourth-order valence-corrected chi connectivity index (χ4v) is 6.07. The van der Waals surface area contributed by atoms with Crippen molar-refractivity contribution < 1.29 is 6.85 Å². The van der Waals surface area contributed by atoms with E-state index in [1.807, 2.05) is 6.07 Å². The van der Waals surface area contributed by atoms with Gasteiger partial charge in [0.15, 0.2) is 0 Å². The number of hydrogen-bond donors (Lipinski definition) is 0. The van der Waals surface area contributed by atoms with E-state index >= 15 is 0 Å². The van der Waals surface area contributed by atoms with Gasteiger partial charge >= 0.3 is 0 Å². The molecule has 0 heteroatoms.